The fourth-order valence-corrected chi connectivity index (χ4v) is 4.86. The highest BCUT2D eigenvalue weighted by atomic mass is 32.1. The number of nitrogens with zero attached hydrogens (tertiary/aromatic N) is 4. The average molecular weight is 475 g/mol. The van der Waals surface area contributed by atoms with Gasteiger partial charge in [0, 0.05) is 28.7 Å². The second-order valence-corrected chi connectivity index (χ2v) is 9.00. The molecule has 6 aromatic rings. The molecule has 0 aliphatic heterocycles. The highest BCUT2D eigenvalue weighted by Crippen LogP contribution is 2.33. The maximum atomic E-state index is 5.34. The van der Waals surface area contributed by atoms with Crippen molar-refractivity contribution in [3.05, 3.63) is 115 Å². The fourth-order valence-electron chi connectivity index (χ4n) is 4.15. The summed E-state index contributed by atoms with van der Waals surface area (Å²) in [7, 11) is 1.68. The summed E-state index contributed by atoms with van der Waals surface area (Å²) < 4.78 is 9.60. The molecule has 6 heteroatoms. The zero-order valence-electron chi connectivity index (χ0n) is 19.1. The Morgan fingerprint density at radius 1 is 0.743 bits per heavy atom. The van der Waals surface area contributed by atoms with Crippen LogP contribution in [0.4, 0.5) is 0 Å². The summed E-state index contributed by atoms with van der Waals surface area (Å²) in [6.07, 6.45) is 5.85. The molecule has 0 spiro atoms. The molecule has 0 bridgehead atoms. The Morgan fingerprint density at radius 2 is 1.51 bits per heavy atom. The first-order valence-corrected chi connectivity index (χ1v) is 12.1. The van der Waals surface area contributed by atoms with E-state index in [2.05, 4.69) is 81.8 Å². The van der Waals surface area contributed by atoms with Crippen LogP contribution in [0.15, 0.2) is 115 Å². The predicted octanol–water partition coefficient (Wildman–Crippen LogP) is 7.13. The Kier molecular flexibility index (Phi) is 5.48. The van der Waals surface area contributed by atoms with Crippen molar-refractivity contribution < 1.29 is 4.74 Å². The van der Waals surface area contributed by atoms with Gasteiger partial charge in [-0.1, -0.05) is 36.4 Å². The van der Waals surface area contributed by atoms with Crippen molar-refractivity contribution in [3.8, 4) is 50.3 Å². The van der Waals surface area contributed by atoms with Crippen molar-refractivity contribution in [1.82, 2.24) is 19.1 Å². The van der Waals surface area contributed by atoms with Crippen molar-refractivity contribution in [2.75, 3.05) is 7.11 Å². The van der Waals surface area contributed by atoms with Gasteiger partial charge in [0.1, 0.15) is 5.75 Å². The van der Waals surface area contributed by atoms with Gasteiger partial charge in [-0.15, -0.1) is 11.3 Å². The minimum Gasteiger partial charge on any atom is -0.497 e. The maximum Gasteiger partial charge on any atom is 0.155 e. The van der Waals surface area contributed by atoms with Gasteiger partial charge in [0.25, 0.3) is 0 Å². The molecule has 0 radical (unpaired) electrons. The molecular formula is C29H22N4OS. The summed E-state index contributed by atoms with van der Waals surface area (Å²) in [5.41, 5.74) is 6.25. The molecule has 0 amide bonds. The van der Waals surface area contributed by atoms with E-state index in [9.17, 15) is 0 Å². The van der Waals surface area contributed by atoms with Crippen molar-refractivity contribution in [3.63, 3.8) is 0 Å². The lowest BCUT2D eigenvalue weighted by molar-refractivity contribution is 0.415. The van der Waals surface area contributed by atoms with Gasteiger partial charge in [-0.3, -0.25) is 4.57 Å². The predicted molar refractivity (Wildman–Crippen MR) is 141 cm³/mol. The Bertz CT molecular complexity index is 1550. The van der Waals surface area contributed by atoms with E-state index in [1.165, 1.54) is 0 Å². The molecule has 0 aliphatic rings. The monoisotopic (exact) mass is 474 g/mol. The van der Waals surface area contributed by atoms with Crippen LogP contribution in [0, 0.1) is 0 Å². The zero-order chi connectivity index (χ0) is 23.6. The molecule has 3 aromatic carbocycles. The van der Waals surface area contributed by atoms with E-state index < -0.39 is 0 Å². The molecule has 3 aromatic heterocycles. The van der Waals surface area contributed by atoms with Gasteiger partial charge in [-0.05, 0) is 60.0 Å². The Balaban J connectivity index is 1.39. The van der Waals surface area contributed by atoms with Gasteiger partial charge in [-0.25, -0.2) is 9.97 Å². The van der Waals surface area contributed by atoms with Crippen LogP contribution in [0.2, 0.25) is 0 Å². The van der Waals surface area contributed by atoms with Gasteiger partial charge >= 0.3 is 0 Å². The molecule has 35 heavy (non-hydrogen) atoms. The largest absolute Gasteiger partial charge is 0.497 e. The van der Waals surface area contributed by atoms with Gasteiger partial charge in [-0.2, -0.15) is 0 Å². The normalized spacial score (nSPS) is 11.0. The SMILES string of the molecule is COc1ccc(-c2cnc(-c3cccs3)n2-c2ccc(-n3cnc(-c4ccccc4)c3)cc2)cc1. The molecule has 3 heterocycles. The summed E-state index contributed by atoms with van der Waals surface area (Å²) in [5.74, 6) is 1.76. The van der Waals surface area contributed by atoms with Crippen LogP contribution in [0.25, 0.3) is 44.6 Å². The van der Waals surface area contributed by atoms with E-state index >= 15 is 0 Å². The van der Waals surface area contributed by atoms with Crippen LogP contribution in [-0.2, 0) is 0 Å². The Hall–Kier alpha value is -4.42. The van der Waals surface area contributed by atoms with Gasteiger partial charge < -0.3 is 9.30 Å². The maximum absolute atomic E-state index is 5.34. The number of ether oxygens (including phenoxy) is 1. The number of hydrogen-bond donors (Lipinski definition) is 0. The van der Waals surface area contributed by atoms with Crippen molar-refractivity contribution in [2.24, 2.45) is 0 Å². The second-order valence-electron chi connectivity index (χ2n) is 8.06. The van der Waals surface area contributed by atoms with E-state index in [-0.39, 0.29) is 0 Å². The van der Waals surface area contributed by atoms with E-state index in [4.69, 9.17) is 9.72 Å². The minimum atomic E-state index is 0.831. The molecule has 0 fully saturated rings. The molecule has 0 N–H and O–H groups in total. The molecule has 0 aliphatic carbocycles. The first-order valence-electron chi connectivity index (χ1n) is 11.3. The number of hydrogen-bond acceptors (Lipinski definition) is 4. The molecular weight excluding hydrogens is 452 g/mol. The molecule has 5 nitrogen and oxygen atoms in total. The van der Waals surface area contributed by atoms with Crippen LogP contribution < -0.4 is 4.74 Å². The summed E-state index contributed by atoms with van der Waals surface area (Å²) >= 11 is 1.68. The third-order valence-electron chi connectivity index (χ3n) is 5.95. The topological polar surface area (TPSA) is 44.9 Å². The van der Waals surface area contributed by atoms with Gasteiger partial charge in [0.05, 0.1) is 35.9 Å². The summed E-state index contributed by atoms with van der Waals surface area (Å²) in [4.78, 5) is 10.5. The van der Waals surface area contributed by atoms with Crippen molar-refractivity contribution in [2.45, 2.75) is 0 Å². The fraction of sp³-hybridized carbons (Fsp3) is 0.0345. The van der Waals surface area contributed by atoms with Crippen LogP contribution in [0.1, 0.15) is 0 Å². The Labute approximate surface area is 207 Å². The number of aromatic nitrogens is 4. The standard InChI is InChI=1S/C29H22N4OS/c1-34-25-15-9-22(10-16-25)27-18-30-29(28-8-5-17-35-28)33(27)24-13-11-23(12-14-24)32-19-26(31-20-32)21-6-3-2-4-7-21/h2-20H,1H3. The van der Waals surface area contributed by atoms with Crippen LogP contribution in [0.3, 0.4) is 0 Å². The highest BCUT2D eigenvalue weighted by molar-refractivity contribution is 7.13. The van der Waals surface area contributed by atoms with E-state index in [1.54, 1.807) is 18.4 Å². The molecule has 0 saturated carbocycles. The lowest BCUT2D eigenvalue weighted by atomic mass is 10.1. The number of rotatable bonds is 6. The van der Waals surface area contributed by atoms with Gasteiger partial charge in [0.15, 0.2) is 5.82 Å². The second kappa shape index (κ2) is 9.08. The minimum absolute atomic E-state index is 0.831. The zero-order valence-corrected chi connectivity index (χ0v) is 19.9. The smallest absolute Gasteiger partial charge is 0.155 e. The van der Waals surface area contributed by atoms with Crippen molar-refractivity contribution >= 4 is 11.3 Å². The third kappa shape index (κ3) is 4.05. The van der Waals surface area contributed by atoms with E-state index in [1.807, 2.05) is 47.4 Å². The summed E-state index contributed by atoms with van der Waals surface area (Å²) in [6.45, 7) is 0. The van der Waals surface area contributed by atoms with E-state index in [0.29, 0.717) is 0 Å². The number of methoxy groups -OCH3 is 1. The molecule has 170 valence electrons. The molecule has 6 rings (SSSR count). The summed E-state index contributed by atoms with van der Waals surface area (Å²) in [6, 6.07) is 30.9. The average Bonchev–Trinajstić information content (AvgIpc) is 3.70. The highest BCUT2D eigenvalue weighted by Gasteiger charge is 2.16. The summed E-state index contributed by atoms with van der Waals surface area (Å²) in [5, 5.41) is 2.08. The first kappa shape index (κ1) is 21.1. The number of thiophene rings is 1. The van der Waals surface area contributed by atoms with Crippen LogP contribution >= 0.6 is 11.3 Å². The van der Waals surface area contributed by atoms with Gasteiger partial charge in [0.2, 0.25) is 0 Å². The first-order chi connectivity index (χ1) is 17.3. The van der Waals surface area contributed by atoms with E-state index in [0.717, 1.165) is 50.3 Å². The molecule has 0 unspecified atom stereocenters. The third-order valence-corrected chi connectivity index (χ3v) is 6.81. The quantitative estimate of drug-likeness (QED) is 0.258. The van der Waals surface area contributed by atoms with Crippen molar-refractivity contribution in [1.29, 1.82) is 0 Å². The molecule has 0 saturated heterocycles. The Morgan fingerprint density at radius 3 is 2.23 bits per heavy atom. The van der Waals surface area contributed by atoms with Crippen LogP contribution in [-0.4, -0.2) is 26.2 Å². The molecule has 0 atom stereocenters. The van der Waals surface area contributed by atoms with Crippen LogP contribution in [0.5, 0.6) is 5.75 Å². The lowest BCUT2D eigenvalue weighted by Crippen LogP contribution is -2.00. The lowest BCUT2D eigenvalue weighted by Gasteiger charge is -2.13. The number of benzene rings is 3. The number of imidazole rings is 2.